The Morgan fingerprint density at radius 2 is 2.14 bits per heavy atom. The molecular formula is C16H18N2O4. The summed E-state index contributed by atoms with van der Waals surface area (Å²) < 4.78 is 5.30. The number of carboxylic acid groups (broad SMARTS) is 1. The highest BCUT2D eigenvalue weighted by molar-refractivity contribution is 5.96. The van der Waals surface area contributed by atoms with Crippen LogP contribution in [0.5, 0.6) is 0 Å². The topological polar surface area (TPSA) is 99.4 Å². The van der Waals surface area contributed by atoms with Crippen LogP contribution in [0.15, 0.2) is 24.3 Å². The van der Waals surface area contributed by atoms with Crippen LogP contribution in [0.3, 0.4) is 0 Å². The highest BCUT2D eigenvalue weighted by Gasteiger charge is 2.31. The van der Waals surface area contributed by atoms with Crippen LogP contribution >= 0.6 is 0 Å². The lowest BCUT2D eigenvalue weighted by atomic mass is 9.93. The van der Waals surface area contributed by atoms with Gasteiger partial charge < -0.3 is 15.2 Å². The number of hydrogen-bond donors (Lipinski definition) is 2. The van der Waals surface area contributed by atoms with Crippen LogP contribution in [-0.2, 0) is 16.0 Å². The summed E-state index contributed by atoms with van der Waals surface area (Å²) in [5.41, 5.74) is 1.19. The fourth-order valence-corrected chi connectivity index (χ4v) is 2.50. The number of aliphatic carboxylic acids is 1. The molecule has 2 N–H and O–H groups in total. The first-order valence-corrected chi connectivity index (χ1v) is 7.19. The first-order valence-electron chi connectivity index (χ1n) is 7.19. The third-order valence-electron chi connectivity index (χ3n) is 3.72. The van der Waals surface area contributed by atoms with Gasteiger partial charge in [-0.3, -0.25) is 4.79 Å². The minimum absolute atomic E-state index is 0.215. The van der Waals surface area contributed by atoms with Gasteiger partial charge in [0.15, 0.2) is 0 Å². The van der Waals surface area contributed by atoms with Gasteiger partial charge in [0.2, 0.25) is 0 Å². The Morgan fingerprint density at radius 3 is 2.68 bits per heavy atom. The predicted molar refractivity (Wildman–Crippen MR) is 78.2 cm³/mol. The van der Waals surface area contributed by atoms with Crippen molar-refractivity contribution in [2.75, 3.05) is 13.2 Å². The molecule has 0 spiro atoms. The van der Waals surface area contributed by atoms with E-state index in [1.54, 1.807) is 24.3 Å². The molecule has 0 aromatic heterocycles. The highest BCUT2D eigenvalue weighted by atomic mass is 16.5. The summed E-state index contributed by atoms with van der Waals surface area (Å²) in [6.45, 7) is 0.982. The lowest BCUT2D eigenvalue weighted by Gasteiger charge is -2.28. The van der Waals surface area contributed by atoms with E-state index < -0.39 is 17.9 Å². The first-order chi connectivity index (χ1) is 10.6. The average Bonchev–Trinajstić information content (AvgIpc) is 2.54. The Morgan fingerprint density at radius 1 is 1.41 bits per heavy atom. The Labute approximate surface area is 128 Å². The number of carbonyl (C=O) groups excluding carboxylic acids is 1. The maximum absolute atomic E-state index is 12.2. The molecule has 2 atom stereocenters. The lowest BCUT2D eigenvalue weighted by molar-refractivity contribution is -0.142. The van der Waals surface area contributed by atoms with Crippen LogP contribution in [0.4, 0.5) is 0 Å². The minimum Gasteiger partial charge on any atom is -0.480 e. The number of nitrogens with zero attached hydrogens (tertiary/aromatic N) is 1. The van der Waals surface area contributed by atoms with E-state index in [0.717, 1.165) is 18.4 Å². The van der Waals surface area contributed by atoms with Crippen molar-refractivity contribution in [3.8, 4) is 6.07 Å². The van der Waals surface area contributed by atoms with E-state index in [4.69, 9.17) is 10.00 Å². The third kappa shape index (κ3) is 4.06. The van der Waals surface area contributed by atoms with Gasteiger partial charge in [0.05, 0.1) is 19.1 Å². The van der Waals surface area contributed by atoms with E-state index >= 15 is 0 Å². The van der Waals surface area contributed by atoms with Gasteiger partial charge >= 0.3 is 5.97 Å². The molecule has 0 bridgehead atoms. The summed E-state index contributed by atoms with van der Waals surface area (Å²) in [5, 5.41) is 20.5. The van der Waals surface area contributed by atoms with Crippen molar-refractivity contribution in [3.05, 3.63) is 35.4 Å². The second-order valence-electron chi connectivity index (χ2n) is 5.30. The molecule has 22 heavy (non-hydrogen) atoms. The highest BCUT2D eigenvalue weighted by Crippen LogP contribution is 2.18. The van der Waals surface area contributed by atoms with Crippen LogP contribution in [0.1, 0.15) is 28.8 Å². The summed E-state index contributed by atoms with van der Waals surface area (Å²) in [6, 6.07) is 7.65. The van der Waals surface area contributed by atoms with Gasteiger partial charge in [0.25, 0.3) is 5.91 Å². The molecule has 6 nitrogen and oxygen atoms in total. The molecule has 0 radical (unpaired) electrons. The number of benzene rings is 1. The number of ether oxygens (including phenoxy) is 1. The molecule has 2 rings (SSSR count). The molecule has 0 aliphatic carbocycles. The number of nitrogens with one attached hydrogen (secondary N) is 1. The third-order valence-corrected chi connectivity index (χ3v) is 3.72. The van der Waals surface area contributed by atoms with E-state index in [0.29, 0.717) is 18.8 Å². The van der Waals surface area contributed by atoms with Crippen LogP contribution < -0.4 is 5.32 Å². The summed E-state index contributed by atoms with van der Waals surface area (Å²) in [7, 11) is 0. The molecule has 0 saturated carbocycles. The Kier molecular flexibility index (Phi) is 5.50. The predicted octanol–water partition coefficient (Wildman–Crippen LogP) is 1.36. The van der Waals surface area contributed by atoms with Crippen molar-refractivity contribution in [2.45, 2.75) is 25.3 Å². The van der Waals surface area contributed by atoms with Crippen molar-refractivity contribution in [1.29, 1.82) is 5.26 Å². The van der Waals surface area contributed by atoms with E-state index in [1.807, 2.05) is 6.07 Å². The SMILES string of the molecule is N#CCc1ccc(C(=O)NC(C(=O)O)C2CCCOC2)cc1. The zero-order valence-electron chi connectivity index (χ0n) is 12.1. The molecular weight excluding hydrogens is 284 g/mol. The molecule has 116 valence electrons. The Bertz CT molecular complexity index is 571. The van der Waals surface area contributed by atoms with Crippen molar-refractivity contribution >= 4 is 11.9 Å². The monoisotopic (exact) mass is 302 g/mol. The lowest BCUT2D eigenvalue weighted by Crippen LogP contribution is -2.48. The van der Waals surface area contributed by atoms with Crippen molar-refractivity contribution < 1.29 is 19.4 Å². The van der Waals surface area contributed by atoms with Crippen molar-refractivity contribution in [3.63, 3.8) is 0 Å². The number of rotatable bonds is 5. The standard InChI is InChI=1S/C16H18N2O4/c17-8-7-11-3-5-12(6-4-11)15(19)18-14(16(20)21)13-2-1-9-22-10-13/h3-6,13-14H,1-2,7,9-10H2,(H,18,19)(H,20,21). The molecule has 1 saturated heterocycles. The number of carboxylic acids is 1. The van der Waals surface area contributed by atoms with Gasteiger partial charge in [-0.2, -0.15) is 5.26 Å². The summed E-state index contributed by atoms with van der Waals surface area (Å²) in [5.74, 6) is -1.69. The number of nitriles is 1. The Balaban J connectivity index is 2.04. The fourth-order valence-electron chi connectivity index (χ4n) is 2.50. The smallest absolute Gasteiger partial charge is 0.326 e. The number of hydrogen-bond acceptors (Lipinski definition) is 4. The molecule has 1 aliphatic rings. The van der Waals surface area contributed by atoms with E-state index in [2.05, 4.69) is 5.32 Å². The van der Waals surface area contributed by atoms with Crippen LogP contribution in [-0.4, -0.2) is 36.2 Å². The Hall–Kier alpha value is -2.39. The molecule has 1 heterocycles. The first kappa shape index (κ1) is 16.0. The van der Waals surface area contributed by atoms with Gasteiger partial charge in [0.1, 0.15) is 6.04 Å². The van der Waals surface area contributed by atoms with Gasteiger partial charge in [-0.1, -0.05) is 12.1 Å². The second kappa shape index (κ2) is 7.57. The molecule has 1 aromatic rings. The van der Waals surface area contributed by atoms with Gasteiger partial charge in [-0.25, -0.2) is 4.79 Å². The zero-order chi connectivity index (χ0) is 15.9. The van der Waals surface area contributed by atoms with Crippen LogP contribution in [0.25, 0.3) is 0 Å². The molecule has 2 unspecified atom stereocenters. The van der Waals surface area contributed by atoms with Gasteiger partial charge in [-0.15, -0.1) is 0 Å². The summed E-state index contributed by atoms with van der Waals surface area (Å²) in [4.78, 5) is 23.6. The van der Waals surface area contributed by atoms with E-state index in [-0.39, 0.29) is 12.3 Å². The van der Waals surface area contributed by atoms with Gasteiger partial charge in [-0.05, 0) is 30.5 Å². The van der Waals surface area contributed by atoms with Crippen molar-refractivity contribution in [1.82, 2.24) is 5.32 Å². The van der Waals surface area contributed by atoms with Crippen LogP contribution in [0, 0.1) is 17.2 Å². The van der Waals surface area contributed by atoms with Gasteiger partial charge in [0, 0.05) is 18.1 Å². The average molecular weight is 302 g/mol. The maximum atomic E-state index is 12.2. The van der Waals surface area contributed by atoms with Crippen molar-refractivity contribution in [2.24, 2.45) is 5.92 Å². The summed E-state index contributed by atoms with van der Waals surface area (Å²) in [6.07, 6.45) is 1.80. The van der Waals surface area contributed by atoms with Crippen LogP contribution in [0.2, 0.25) is 0 Å². The quantitative estimate of drug-likeness (QED) is 0.855. The van der Waals surface area contributed by atoms with E-state index in [1.165, 1.54) is 0 Å². The number of carbonyl (C=O) groups is 2. The normalized spacial score (nSPS) is 19.0. The molecule has 1 aliphatic heterocycles. The van der Waals surface area contributed by atoms with E-state index in [9.17, 15) is 14.7 Å². The fraction of sp³-hybridized carbons (Fsp3) is 0.438. The summed E-state index contributed by atoms with van der Waals surface area (Å²) >= 11 is 0. The maximum Gasteiger partial charge on any atom is 0.326 e. The number of amides is 1. The molecule has 6 heteroatoms. The molecule has 1 amide bonds. The molecule has 1 aromatic carbocycles. The zero-order valence-corrected chi connectivity index (χ0v) is 12.1. The molecule has 1 fully saturated rings. The minimum atomic E-state index is -1.05. The largest absolute Gasteiger partial charge is 0.480 e. The second-order valence-corrected chi connectivity index (χ2v) is 5.30.